The summed E-state index contributed by atoms with van der Waals surface area (Å²) in [6, 6.07) is 14.5. The lowest BCUT2D eigenvalue weighted by atomic mass is 10.1. The Kier molecular flexibility index (Phi) is 3.42. The summed E-state index contributed by atoms with van der Waals surface area (Å²) >= 11 is 0. The first kappa shape index (κ1) is 14.1. The van der Waals surface area contributed by atoms with Crippen LogP contribution in [0.4, 0.5) is 0 Å². The van der Waals surface area contributed by atoms with E-state index in [1.165, 1.54) is 5.56 Å². The van der Waals surface area contributed by atoms with E-state index in [-0.39, 0.29) is 6.04 Å². The Labute approximate surface area is 134 Å². The van der Waals surface area contributed by atoms with Crippen LogP contribution >= 0.6 is 0 Å². The van der Waals surface area contributed by atoms with Crippen molar-refractivity contribution >= 4 is 11.0 Å². The van der Waals surface area contributed by atoms with E-state index in [1.807, 2.05) is 24.3 Å². The summed E-state index contributed by atoms with van der Waals surface area (Å²) in [5.74, 6) is 2.81. The van der Waals surface area contributed by atoms with Crippen LogP contribution < -0.4 is 14.8 Å². The maximum atomic E-state index is 5.29. The second-order valence-electron chi connectivity index (χ2n) is 5.72. The summed E-state index contributed by atoms with van der Waals surface area (Å²) in [6.45, 7) is 0.791. The molecule has 0 radical (unpaired) electrons. The highest BCUT2D eigenvalue weighted by atomic mass is 16.5. The lowest BCUT2D eigenvalue weighted by molar-refractivity contribution is 0.414. The average molecular weight is 309 g/mol. The zero-order valence-electron chi connectivity index (χ0n) is 13.2. The molecule has 1 aliphatic rings. The van der Waals surface area contributed by atoms with Crippen molar-refractivity contribution in [2.75, 3.05) is 14.2 Å². The molecule has 0 aliphatic carbocycles. The zero-order valence-corrected chi connectivity index (χ0v) is 13.2. The predicted molar refractivity (Wildman–Crippen MR) is 88.9 cm³/mol. The molecule has 0 fully saturated rings. The highest BCUT2D eigenvalue weighted by Gasteiger charge is 2.26. The number of hydrogen-bond donors (Lipinski definition) is 1. The third-order valence-corrected chi connectivity index (χ3v) is 4.39. The van der Waals surface area contributed by atoms with Crippen molar-refractivity contribution < 1.29 is 9.47 Å². The number of hydrogen-bond acceptors (Lipinski definition) is 4. The van der Waals surface area contributed by atoms with E-state index < -0.39 is 0 Å². The first-order valence-corrected chi connectivity index (χ1v) is 7.69. The van der Waals surface area contributed by atoms with Crippen molar-refractivity contribution in [3.05, 3.63) is 53.9 Å². The zero-order chi connectivity index (χ0) is 15.8. The number of imidazole rings is 1. The number of ether oxygens (including phenoxy) is 2. The molecule has 5 nitrogen and oxygen atoms in total. The standard InChI is InChI=1S/C18H19N3O2/c1-22-13-5-3-12(4-6-13)9-16-18-20-15-10-14(23-2)7-8-17(15)21(18)11-19-16/h3-8,10,16,19H,9,11H2,1-2H3/t16-/m1/s1. The molecule has 0 spiro atoms. The van der Waals surface area contributed by atoms with Crippen molar-refractivity contribution in [2.24, 2.45) is 0 Å². The number of aromatic nitrogens is 2. The van der Waals surface area contributed by atoms with Crippen LogP contribution in [-0.2, 0) is 13.1 Å². The fourth-order valence-corrected chi connectivity index (χ4v) is 3.14. The Morgan fingerprint density at radius 3 is 2.57 bits per heavy atom. The summed E-state index contributed by atoms with van der Waals surface area (Å²) in [5.41, 5.74) is 3.40. The van der Waals surface area contributed by atoms with Crippen LogP contribution in [-0.4, -0.2) is 23.8 Å². The fraction of sp³-hybridized carbons (Fsp3) is 0.278. The molecule has 3 aromatic rings. The average Bonchev–Trinajstić information content (AvgIpc) is 3.14. The Bertz CT molecular complexity index is 839. The van der Waals surface area contributed by atoms with Gasteiger partial charge in [0.15, 0.2) is 0 Å². The summed E-state index contributed by atoms with van der Waals surface area (Å²) in [5, 5.41) is 3.54. The van der Waals surface area contributed by atoms with Gasteiger partial charge in [-0.15, -0.1) is 0 Å². The minimum Gasteiger partial charge on any atom is -0.497 e. The monoisotopic (exact) mass is 309 g/mol. The van der Waals surface area contributed by atoms with Crippen LogP contribution in [0.2, 0.25) is 0 Å². The lowest BCUT2D eigenvalue weighted by Gasteiger charge is -2.09. The van der Waals surface area contributed by atoms with Gasteiger partial charge in [0, 0.05) is 6.07 Å². The number of rotatable bonds is 4. The van der Waals surface area contributed by atoms with E-state index in [2.05, 4.69) is 28.1 Å². The molecule has 23 heavy (non-hydrogen) atoms. The van der Waals surface area contributed by atoms with Crippen LogP contribution in [0.3, 0.4) is 0 Å². The molecule has 0 saturated carbocycles. The molecule has 1 aromatic heterocycles. The minimum absolute atomic E-state index is 0.224. The SMILES string of the molecule is COc1ccc(C[C@H]2NCn3c2nc2cc(OC)ccc23)cc1. The van der Waals surface area contributed by atoms with E-state index in [0.29, 0.717) is 0 Å². The number of benzene rings is 2. The molecule has 0 unspecified atom stereocenters. The summed E-state index contributed by atoms with van der Waals surface area (Å²) in [4.78, 5) is 4.81. The lowest BCUT2D eigenvalue weighted by Crippen LogP contribution is -2.15. The molecule has 1 atom stereocenters. The van der Waals surface area contributed by atoms with E-state index >= 15 is 0 Å². The number of nitrogens with one attached hydrogen (secondary N) is 1. The van der Waals surface area contributed by atoms with Gasteiger partial charge in [-0.2, -0.15) is 0 Å². The molecule has 5 heteroatoms. The predicted octanol–water partition coefficient (Wildman–Crippen LogP) is 2.90. The number of fused-ring (bicyclic) bond motifs is 3. The molecule has 4 rings (SSSR count). The molecule has 1 aliphatic heterocycles. The normalized spacial score (nSPS) is 16.5. The summed E-state index contributed by atoms with van der Waals surface area (Å²) < 4.78 is 12.7. The molecule has 0 amide bonds. The molecular weight excluding hydrogens is 290 g/mol. The van der Waals surface area contributed by atoms with Gasteiger partial charge in [-0.05, 0) is 36.2 Å². The van der Waals surface area contributed by atoms with Gasteiger partial charge in [0.2, 0.25) is 0 Å². The Morgan fingerprint density at radius 2 is 1.83 bits per heavy atom. The molecule has 1 N–H and O–H groups in total. The van der Waals surface area contributed by atoms with E-state index in [4.69, 9.17) is 14.5 Å². The molecule has 2 heterocycles. The van der Waals surface area contributed by atoms with Crippen LogP contribution in [0, 0.1) is 0 Å². The van der Waals surface area contributed by atoms with Gasteiger partial charge >= 0.3 is 0 Å². The van der Waals surface area contributed by atoms with Crippen molar-refractivity contribution in [1.29, 1.82) is 0 Å². The second kappa shape index (κ2) is 5.59. The quantitative estimate of drug-likeness (QED) is 0.805. The van der Waals surface area contributed by atoms with Crippen LogP contribution in [0.1, 0.15) is 17.4 Å². The Morgan fingerprint density at radius 1 is 1.09 bits per heavy atom. The molecule has 0 bridgehead atoms. The highest BCUT2D eigenvalue weighted by Crippen LogP contribution is 2.29. The van der Waals surface area contributed by atoms with E-state index in [9.17, 15) is 0 Å². The third kappa shape index (κ3) is 2.43. The summed E-state index contributed by atoms with van der Waals surface area (Å²) in [7, 11) is 3.36. The van der Waals surface area contributed by atoms with Crippen molar-refractivity contribution in [3.63, 3.8) is 0 Å². The van der Waals surface area contributed by atoms with Gasteiger partial charge in [-0.1, -0.05) is 12.1 Å². The third-order valence-electron chi connectivity index (χ3n) is 4.39. The molecule has 118 valence electrons. The minimum atomic E-state index is 0.224. The number of methoxy groups -OCH3 is 2. The Balaban J connectivity index is 1.63. The van der Waals surface area contributed by atoms with Gasteiger partial charge in [-0.25, -0.2) is 4.98 Å². The van der Waals surface area contributed by atoms with E-state index in [0.717, 1.165) is 41.4 Å². The van der Waals surface area contributed by atoms with Gasteiger partial charge < -0.3 is 14.0 Å². The molecule has 2 aromatic carbocycles. The highest BCUT2D eigenvalue weighted by molar-refractivity contribution is 5.78. The number of nitrogens with zero attached hydrogens (tertiary/aromatic N) is 2. The van der Waals surface area contributed by atoms with Crippen molar-refractivity contribution in [3.8, 4) is 11.5 Å². The molecular formula is C18H19N3O2. The van der Waals surface area contributed by atoms with Crippen LogP contribution in [0.5, 0.6) is 11.5 Å². The largest absolute Gasteiger partial charge is 0.497 e. The Hall–Kier alpha value is -2.53. The van der Waals surface area contributed by atoms with Crippen molar-refractivity contribution in [1.82, 2.24) is 14.9 Å². The van der Waals surface area contributed by atoms with Crippen LogP contribution in [0.15, 0.2) is 42.5 Å². The van der Waals surface area contributed by atoms with Crippen molar-refractivity contribution in [2.45, 2.75) is 19.1 Å². The maximum Gasteiger partial charge on any atom is 0.128 e. The van der Waals surface area contributed by atoms with Crippen LogP contribution in [0.25, 0.3) is 11.0 Å². The van der Waals surface area contributed by atoms with Gasteiger partial charge in [0.25, 0.3) is 0 Å². The van der Waals surface area contributed by atoms with E-state index in [1.54, 1.807) is 14.2 Å². The summed E-state index contributed by atoms with van der Waals surface area (Å²) in [6.07, 6.45) is 0.907. The topological polar surface area (TPSA) is 48.3 Å². The first-order chi connectivity index (χ1) is 11.3. The van der Waals surface area contributed by atoms with Gasteiger partial charge in [-0.3, -0.25) is 5.32 Å². The maximum absolute atomic E-state index is 5.29. The fourth-order valence-electron chi connectivity index (χ4n) is 3.14. The van der Waals surface area contributed by atoms with Gasteiger partial charge in [0.1, 0.15) is 17.3 Å². The molecule has 0 saturated heterocycles. The smallest absolute Gasteiger partial charge is 0.128 e. The van der Waals surface area contributed by atoms with Gasteiger partial charge in [0.05, 0.1) is 38.0 Å². The second-order valence-corrected chi connectivity index (χ2v) is 5.72. The first-order valence-electron chi connectivity index (χ1n) is 7.69.